The molecule has 0 spiro atoms. The summed E-state index contributed by atoms with van der Waals surface area (Å²) in [6.07, 6.45) is 18.8. The molecule has 0 aliphatic rings. The largest absolute Gasteiger partial charge is 0.384 e. The fourth-order valence-corrected chi connectivity index (χ4v) is 2.88. The maximum atomic E-state index is 9.66. The van der Waals surface area contributed by atoms with Crippen molar-refractivity contribution in [2.24, 2.45) is 0 Å². The van der Waals surface area contributed by atoms with Crippen LogP contribution in [-0.4, -0.2) is 22.9 Å². The van der Waals surface area contributed by atoms with E-state index >= 15 is 0 Å². The minimum Gasteiger partial charge on any atom is -0.384 e. The zero-order valence-corrected chi connectivity index (χ0v) is 17.5. The monoisotopic (exact) mass is 372 g/mol. The Balaban J connectivity index is 3.29. The van der Waals surface area contributed by atoms with Gasteiger partial charge in [0.2, 0.25) is 0 Å². The maximum Gasteiger partial charge on any atom is 0.115 e. The molecule has 0 amide bonds. The Bertz CT molecular complexity index is 490. The van der Waals surface area contributed by atoms with E-state index in [1.807, 2.05) is 0 Å². The summed E-state index contributed by atoms with van der Waals surface area (Å²) < 4.78 is 0. The van der Waals surface area contributed by atoms with Crippen LogP contribution in [0.4, 0.5) is 0 Å². The lowest BCUT2D eigenvalue weighted by Gasteiger charge is -2.03. The van der Waals surface area contributed by atoms with Crippen molar-refractivity contribution in [3.05, 3.63) is 0 Å². The molecule has 0 aliphatic heterocycles. The van der Waals surface area contributed by atoms with Crippen LogP contribution in [0.3, 0.4) is 0 Å². The summed E-state index contributed by atoms with van der Waals surface area (Å²) in [5.41, 5.74) is 0. The van der Waals surface area contributed by atoms with E-state index in [1.54, 1.807) is 0 Å². The number of aliphatic hydroxyl groups excluding tert-OH is 2. The molecule has 0 aromatic rings. The molecule has 2 nitrogen and oxygen atoms in total. The Labute approximate surface area is 168 Å². The molecule has 1 unspecified atom stereocenters. The summed E-state index contributed by atoms with van der Waals surface area (Å²) in [4.78, 5) is 0. The van der Waals surface area contributed by atoms with Crippen molar-refractivity contribution in [2.45, 2.75) is 116 Å². The molecule has 0 aromatic heterocycles. The standard InChI is InChI=1S/C25H40O2/c1-2-3-4-5-6-7-8-9-10-11-12-13-14-15-16-17-19-22-25(27)23-20-18-21-24-26/h25-27H,2-8,11-17,19,22,24H2,1H3. The third-order valence-electron chi connectivity index (χ3n) is 4.53. The van der Waals surface area contributed by atoms with Gasteiger partial charge in [0.25, 0.3) is 0 Å². The number of hydrogen-bond donors (Lipinski definition) is 2. The van der Waals surface area contributed by atoms with E-state index in [0.717, 1.165) is 25.7 Å². The lowest BCUT2D eigenvalue weighted by molar-refractivity contribution is 0.217. The van der Waals surface area contributed by atoms with Gasteiger partial charge in [0.1, 0.15) is 12.7 Å². The Hall–Kier alpha value is -1.40. The van der Waals surface area contributed by atoms with Gasteiger partial charge in [0.15, 0.2) is 0 Å². The van der Waals surface area contributed by atoms with Gasteiger partial charge < -0.3 is 10.2 Å². The minimum atomic E-state index is -0.590. The molecule has 2 heteroatoms. The molecule has 0 bridgehead atoms. The second kappa shape index (κ2) is 22.6. The molecule has 0 radical (unpaired) electrons. The zero-order valence-electron chi connectivity index (χ0n) is 17.5. The summed E-state index contributed by atoms with van der Waals surface area (Å²) in [6.45, 7) is 2.07. The van der Waals surface area contributed by atoms with Gasteiger partial charge in [-0.05, 0) is 37.5 Å². The molecular formula is C25H40O2. The van der Waals surface area contributed by atoms with Crippen LogP contribution < -0.4 is 0 Å². The molecule has 1 atom stereocenters. The average Bonchev–Trinajstić information content (AvgIpc) is 2.67. The summed E-state index contributed by atoms with van der Waals surface area (Å²) in [5.74, 6) is 16.8. The van der Waals surface area contributed by atoms with Gasteiger partial charge in [-0.2, -0.15) is 0 Å². The first-order chi connectivity index (χ1) is 13.3. The Morgan fingerprint density at radius 3 is 1.70 bits per heavy atom. The van der Waals surface area contributed by atoms with Crippen molar-refractivity contribution in [1.29, 1.82) is 0 Å². The van der Waals surface area contributed by atoms with E-state index in [1.165, 1.54) is 70.6 Å². The molecule has 0 fully saturated rings. The molecule has 0 heterocycles. The van der Waals surface area contributed by atoms with Gasteiger partial charge in [-0.25, -0.2) is 0 Å². The van der Waals surface area contributed by atoms with Crippen LogP contribution in [0, 0.1) is 35.5 Å². The van der Waals surface area contributed by atoms with Crippen LogP contribution in [0.25, 0.3) is 0 Å². The topological polar surface area (TPSA) is 40.5 Å². The van der Waals surface area contributed by atoms with Crippen molar-refractivity contribution in [3.8, 4) is 35.5 Å². The molecule has 0 saturated heterocycles. The highest BCUT2D eigenvalue weighted by Gasteiger charge is 1.98. The Morgan fingerprint density at radius 1 is 0.630 bits per heavy atom. The number of unbranched alkanes of at least 4 members (excludes halogenated alkanes) is 13. The van der Waals surface area contributed by atoms with Gasteiger partial charge in [-0.3, -0.25) is 0 Å². The van der Waals surface area contributed by atoms with Crippen LogP contribution in [0.15, 0.2) is 0 Å². The van der Waals surface area contributed by atoms with Gasteiger partial charge in [0, 0.05) is 12.8 Å². The van der Waals surface area contributed by atoms with E-state index in [-0.39, 0.29) is 6.61 Å². The van der Waals surface area contributed by atoms with Crippen molar-refractivity contribution in [2.75, 3.05) is 6.61 Å². The highest BCUT2D eigenvalue weighted by atomic mass is 16.3. The predicted molar refractivity (Wildman–Crippen MR) is 116 cm³/mol. The zero-order chi connectivity index (χ0) is 19.8. The summed E-state index contributed by atoms with van der Waals surface area (Å²) >= 11 is 0. The van der Waals surface area contributed by atoms with Crippen LogP contribution >= 0.6 is 0 Å². The summed E-state index contributed by atoms with van der Waals surface area (Å²) in [7, 11) is 0. The van der Waals surface area contributed by atoms with Crippen LogP contribution in [0.5, 0.6) is 0 Å². The fourth-order valence-electron chi connectivity index (χ4n) is 2.88. The second-order valence-electron chi connectivity index (χ2n) is 7.13. The lowest BCUT2D eigenvalue weighted by Crippen LogP contribution is -2.01. The SMILES string of the molecule is CCCCCCCCC#CCCCCCCCCCC(O)C#CC#CCO. The first-order valence-corrected chi connectivity index (χ1v) is 11.0. The summed E-state index contributed by atoms with van der Waals surface area (Å²) in [6, 6.07) is 0. The quantitative estimate of drug-likeness (QED) is 0.290. The van der Waals surface area contributed by atoms with E-state index in [9.17, 15) is 5.11 Å². The normalized spacial score (nSPS) is 10.8. The number of aliphatic hydroxyl groups is 2. The smallest absolute Gasteiger partial charge is 0.115 e. The molecule has 27 heavy (non-hydrogen) atoms. The number of hydrogen-bond acceptors (Lipinski definition) is 2. The fraction of sp³-hybridized carbons (Fsp3) is 0.760. The van der Waals surface area contributed by atoms with Crippen LogP contribution in [0.1, 0.15) is 110 Å². The highest BCUT2D eigenvalue weighted by Crippen LogP contribution is 2.10. The van der Waals surface area contributed by atoms with E-state index in [2.05, 4.69) is 42.4 Å². The molecular weight excluding hydrogens is 332 g/mol. The van der Waals surface area contributed by atoms with E-state index in [4.69, 9.17) is 5.11 Å². The highest BCUT2D eigenvalue weighted by molar-refractivity contribution is 5.27. The molecule has 2 N–H and O–H groups in total. The molecule has 152 valence electrons. The van der Waals surface area contributed by atoms with Gasteiger partial charge >= 0.3 is 0 Å². The predicted octanol–water partition coefficient (Wildman–Crippen LogP) is 5.61. The van der Waals surface area contributed by atoms with E-state index in [0.29, 0.717) is 6.42 Å². The van der Waals surface area contributed by atoms with E-state index < -0.39 is 6.10 Å². The van der Waals surface area contributed by atoms with Crippen molar-refractivity contribution in [1.82, 2.24) is 0 Å². The molecule has 0 rings (SSSR count). The van der Waals surface area contributed by atoms with Gasteiger partial charge in [-0.1, -0.05) is 83.0 Å². The molecule has 0 aromatic carbocycles. The van der Waals surface area contributed by atoms with Crippen LogP contribution in [0.2, 0.25) is 0 Å². The lowest BCUT2D eigenvalue weighted by atomic mass is 10.1. The molecule has 0 aliphatic carbocycles. The maximum absolute atomic E-state index is 9.66. The second-order valence-corrected chi connectivity index (χ2v) is 7.13. The van der Waals surface area contributed by atoms with Gasteiger partial charge in [0.05, 0.1) is 0 Å². The average molecular weight is 373 g/mol. The van der Waals surface area contributed by atoms with Crippen molar-refractivity contribution < 1.29 is 10.2 Å². The Morgan fingerprint density at radius 2 is 1.15 bits per heavy atom. The summed E-state index contributed by atoms with van der Waals surface area (Å²) in [5, 5.41) is 18.1. The first kappa shape index (κ1) is 25.6. The van der Waals surface area contributed by atoms with Crippen LogP contribution in [-0.2, 0) is 0 Å². The van der Waals surface area contributed by atoms with Gasteiger partial charge in [-0.15, -0.1) is 11.8 Å². The third-order valence-corrected chi connectivity index (χ3v) is 4.53. The molecule has 0 saturated carbocycles. The minimum absolute atomic E-state index is 0.184. The number of rotatable bonds is 15. The first-order valence-electron chi connectivity index (χ1n) is 11.0. The third kappa shape index (κ3) is 22.6. The van der Waals surface area contributed by atoms with Crippen molar-refractivity contribution in [3.63, 3.8) is 0 Å². The Kier molecular flexibility index (Phi) is 21.5. The van der Waals surface area contributed by atoms with Crippen molar-refractivity contribution >= 4 is 0 Å².